The number of nitriles is 1. The third kappa shape index (κ3) is 5.06. The maximum absolute atomic E-state index is 12.7. The highest BCUT2D eigenvalue weighted by atomic mass is 19.4. The molecular formula is C20H15F3N4O2. The monoisotopic (exact) mass is 400 g/mol. The van der Waals surface area contributed by atoms with Crippen molar-refractivity contribution in [3.8, 4) is 17.5 Å². The predicted molar refractivity (Wildman–Crippen MR) is 96.5 cm³/mol. The normalized spacial score (nSPS) is 12.3. The summed E-state index contributed by atoms with van der Waals surface area (Å²) in [6.45, 7) is -0.0473. The number of benzene rings is 2. The first kappa shape index (κ1) is 20.2. The van der Waals surface area contributed by atoms with Crippen LogP contribution in [0.2, 0.25) is 0 Å². The van der Waals surface area contributed by atoms with E-state index < -0.39 is 17.8 Å². The van der Waals surface area contributed by atoms with E-state index in [2.05, 4.69) is 15.5 Å². The Morgan fingerprint density at radius 3 is 2.45 bits per heavy atom. The molecule has 1 heterocycles. The van der Waals surface area contributed by atoms with E-state index in [1.165, 1.54) is 12.1 Å². The molecule has 0 aliphatic rings. The SMILES string of the molecule is N#CC[C@H](NCC(=O)c1ccccc1)c1nc(-c2ccc(C(F)(F)F)cc2)no1. The van der Waals surface area contributed by atoms with Gasteiger partial charge in [-0.3, -0.25) is 10.1 Å². The van der Waals surface area contributed by atoms with E-state index in [9.17, 15) is 18.0 Å². The molecule has 0 aliphatic carbocycles. The molecule has 0 amide bonds. The number of Topliss-reactive ketones (excluding diaryl/α,β-unsaturated/α-hetero) is 1. The molecule has 0 radical (unpaired) electrons. The average Bonchev–Trinajstić information content (AvgIpc) is 3.21. The summed E-state index contributed by atoms with van der Waals surface area (Å²) in [5.74, 6) is -0.00817. The molecule has 3 aromatic rings. The van der Waals surface area contributed by atoms with Crippen molar-refractivity contribution < 1.29 is 22.5 Å². The maximum Gasteiger partial charge on any atom is 0.416 e. The first-order valence-electron chi connectivity index (χ1n) is 8.58. The largest absolute Gasteiger partial charge is 0.416 e. The number of halogens is 3. The summed E-state index contributed by atoms with van der Waals surface area (Å²) in [4.78, 5) is 16.4. The maximum atomic E-state index is 12.7. The Morgan fingerprint density at radius 2 is 1.83 bits per heavy atom. The lowest BCUT2D eigenvalue weighted by Crippen LogP contribution is -2.27. The molecular weight excluding hydrogens is 385 g/mol. The summed E-state index contributed by atoms with van der Waals surface area (Å²) in [5.41, 5.74) is 0.0733. The fraction of sp³-hybridized carbons (Fsp3) is 0.200. The van der Waals surface area contributed by atoms with Crippen LogP contribution in [-0.4, -0.2) is 22.5 Å². The van der Waals surface area contributed by atoms with Crippen molar-refractivity contribution in [1.82, 2.24) is 15.5 Å². The van der Waals surface area contributed by atoms with Crippen LogP contribution in [0.4, 0.5) is 13.2 Å². The summed E-state index contributed by atoms with van der Waals surface area (Å²) in [6, 6.07) is 14.3. The van der Waals surface area contributed by atoms with Crippen LogP contribution >= 0.6 is 0 Å². The second-order valence-corrected chi connectivity index (χ2v) is 6.12. The average molecular weight is 400 g/mol. The van der Waals surface area contributed by atoms with Gasteiger partial charge in [0.1, 0.15) is 6.04 Å². The number of alkyl halides is 3. The second-order valence-electron chi connectivity index (χ2n) is 6.12. The van der Waals surface area contributed by atoms with Gasteiger partial charge in [-0.25, -0.2) is 0 Å². The Hall–Kier alpha value is -3.51. The number of nitrogens with one attached hydrogen (secondary N) is 1. The number of nitrogens with zero attached hydrogens (tertiary/aromatic N) is 3. The van der Waals surface area contributed by atoms with Crippen LogP contribution < -0.4 is 5.32 Å². The van der Waals surface area contributed by atoms with Gasteiger partial charge in [0.25, 0.3) is 0 Å². The number of ketones is 1. The summed E-state index contributed by atoms with van der Waals surface area (Å²) in [7, 11) is 0. The Labute approximate surface area is 164 Å². The smallest absolute Gasteiger partial charge is 0.337 e. The highest BCUT2D eigenvalue weighted by Gasteiger charge is 2.30. The van der Waals surface area contributed by atoms with Gasteiger partial charge in [0.05, 0.1) is 24.6 Å². The fourth-order valence-corrected chi connectivity index (χ4v) is 2.58. The van der Waals surface area contributed by atoms with Gasteiger partial charge in [0.15, 0.2) is 5.78 Å². The van der Waals surface area contributed by atoms with Crippen molar-refractivity contribution >= 4 is 5.78 Å². The summed E-state index contributed by atoms with van der Waals surface area (Å²) in [6.07, 6.45) is -4.47. The molecule has 0 spiro atoms. The predicted octanol–water partition coefficient (Wildman–Crippen LogP) is 4.18. The molecule has 1 atom stereocenters. The lowest BCUT2D eigenvalue weighted by Gasteiger charge is -2.10. The van der Waals surface area contributed by atoms with Crippen molar-refractivity contribution in [3.63, 3.8) is 0 Å². The third-order valence-corrected chi connectivity index (χ3v) is 4.11. The molecule has 29 heavy (non-hydrogen) atoms. The zero-order valence-electron chi connectivity index (χ0n) is 15.0. The summed E-state index contributed by atoms with van der Waals surface area (Å²) in [5, 5.41) is 15.7. The van der Waals surface area contributed by atoms with E-state index in [4.69, 9.17) is 9.78 Å². The van der Waals surface area contributed by atoms with Gasteiger partial charge in [-0.15, -0.1) is 0 Å². The van der Waals surface area contributed by atoms with E-state index in [0.29, 0.717) is 11.1 Å². The zero-order chi connectivity index (χ0) is 20.9. The van der Waals surface area contributed by atoms with Gasteiger partial charge < -0.3 is 4.52 Å². The van der Waals surface area contributed by atoms with Crippen LogP contribution in [0, 0.1) is 11.3 Å². The second kappa shape index (κ2) is 8.67. The number of carbonyl (C=O) groups excluding carboxylic acids is 1. The van der Waals surface area contributed by atoms with E-state index in [0.717, 1.165) is 12.1 Å². The first-order valence-corrected chi connectivity index (χ1v) is 8.58. The number of hydrogen-bond donors (Lipinski definition) is 1. The van der Waals surface area contributed by atoms with Crippen molar-refractivity contribution in [1.29, 1.82) is 5.26 Å². The first-order chi connectivity index (χ1) is 13.9. The molecule has 0 unspecified atom stereocenters. The van der Waals surface area contributed by atoms with E-state index in [1.54, 1.807) is 30.3 Å². The van der Waals surface area contributed by atoms with Gasteiger partial charge in [-0.05, 0) is 12.1 Å². The van der Waals surface area contributed by atoms with E-state index in [-0.39, 0.29) is 30.5 Å². The minimum Gasteiger partial charge on any atom is -0.337 e. The Morgan fingerprint density at radius 1 is 1.14 bits per heavy atom. The van der Waals surface area contributed by atoms with Crippen molar-refractivity contribution in [2.24, 2.45) is 0 Å². The van der Waals surface area contributed by atoms with Gasteiger partial charge in [0.2, 0.25) is 11.7 Å². The Balaban J connectivity index is 1.72. The van der Waals surface area contributed by atoms with Gasteiger partial charge in [-0.1, -0.05) is 47.6 Å². The number of hydrogen-bond acceptors (Lipinski definition) is 6. The molecule has 0 fully saturated rings. The summed E-state index contributed by atoms with van der Waals surface area (Å²) < 4.78 is 43.2. The zero-order valence-corrected chi connectivity index (χ0v) is 15.0. The number of aromatic nitrogens is 2. The van der Waals surface area contributed by atoms with Gasteiger partial charge in [0, 0.05) is 11.1 Å². The molecule has 148 valence electrons. The Kier molecular flexibility index (Phi) is 6.04. The van der Waals surface area contributed by atoms with Crippen LogP contribution in [0.15, 0.2) is 59.1 Å². The molecule has 9 heteroatoms. The lowest BCUT2D eigenvalue weighted by atomic mass is 10.1. The van der Waals surface area contributed by atoms with Crippen molar-refractivity contribution in [2.75, 3.05) is 6.54 Å². The summed E-state index contributed by atoms with van der Waals surface area (Å²) >= 11 is 0. The highest BCUT2D eigenvalue weighted by Crippen LogP contribution is 2.30. The molecule has 1 N–H and O–H groups in total. The molecule has 0 saturated carbocycles. The molecule has 3 rings (SSSR count). The molecule has 2 aromatic carbocycles. The minimum absolute atomic E-state index is 0.0310. The standard InChI is InChI=1S/C20H15F3N4O2/c21-20(22,23)15-8-6-14(7-9-15)18-26-19(29-27-18)16(10-11-24)25-12-17(28)13-4-2-1-3-5-13/h1-9,16,25H,10,12H2/t16-/m0/s1. The third-order valence-electron chi connectivity index (χ3n) is 4.11. The molecule has 0 bridgehead atoms. The lowest BCUT2D eigenvalue weighted by molar-refractivity contribution is -0.137. The topological polar surface area (TPSA) is 91.8 Å². The number of rotatable bonds is 7. The van der Waals surface area contributed by atoms with Crippen molar-refractivity contribution in [2.45, 2.75) is 18.6 Å². The van der Waals surface area contributed by atoms with E-state index >= 15 is 0 Å². The fourth-order valence-electron chi connectivity index (χ4n) is 2.58. The quantitative estimate of drug-likeness (QED) is 0.598. The Bertz CT molecular complexity index is 1010. The van der Waals surface area contributed by atoms with Crippen LogP contribution in [0.1, 0.15) is 34.3 Å². The molecule has 6 nitrogen and oxygen atoms in total. The van der Waals surface area contributed by atoms with Crippen LogP contribution in [0.25, 0.3) is 11.4 Å². The molecule has 0 saturated heterocycles. The highest BCUT2D eigenvalue weighted by molar-refractivity contribution is 5.97. The van der Waals surface area contributed by atoms with Crippen molar-refractivity contribution in [3.05, 3.63) is 71.6 Å². The van der Waals surface area contributed by atoms with Gasteiger partial charge in [-0.2, -0.15) is 23.4 Å². The minimum atomic E-state index is -4.44. The molecule has 1 aromatic heterocycles. The van der Waals surface area contributed by atoms with Crippen LogP contribution in [0.3, 0.4) is 0 Å². The van der Waals surface area contributed by atoms with E-state index in [1.807, 2.05) is 6.07 Å². The van der Waals surface area contributed by atoms with Crippen LogP contribution in [-0.2, 0) is 6.18 Å². The van der Waals surface area contributed by atoms with Gasteiger partial charge >= 0.3 is 6.18 Å². The number of carbonyl (C=O) groups is 1. The molecule has 0 aliphatic heterocycles. The van der Waals surface area contributed by atoms with Crippen LogP contribution in [0.5, 0.6) is 0 Å².